The van der Waals surface area contributed by atoms with Crippen molar-refractivity contribution in [1.29, 1.82) is 0 Å². The normalized spacial score (nSPS) is 17.9. The number of ether oxygens (including phenoxy) is 1. The number of aromatic hydroxyl groups is 1. The number of fused-ring (bicyclic) bond motifs is 1. The minimum Gasteiger partial charge on any atom is -0.492 e. The molecule has 1 aromatic carbocycles. The topological polar surface area (TPSA) is 93.1 Å². The van der Waals surface area contributed by atoms with Gasteiger partial charge in [-0.2, -0.15) is 9.50 Å². The first kappa shape index (κ1) is 21.9. The highest BCUT2D eigenvalue weighted by molar-refractivity contribution is 7.17. The van der Waals surface area contributed by atoms with Crippen molar-refractivity contribution >= 4 is 33.9 Å². The van der Waals surface area contributed by atoms with Gasteiger partial charge in [-0.05, 0) is 50.1 Å². The molecule has 0 aliphatic carbocycles. The van der Waals surface area contributed by atoms with E-state index in [2.05, 4.69) is 15.0 Å². The van der Waals surface area contributed by atoms with Gasteiger partial charge in [0, 0.05) is 11.6 Å². The maximum Gasteiger partial charge on any atom is 0.310 e. The third kappa shape index (κ3) is 4.12. The molecule has 172 valence electrons. The van der Waals surface area contributed by atoms with Crippen LogP contribution in [0.1, 0.15) is 36.2 Å². The van der Waals surface area contributed by atoms with Crippen LogP contribution in [0.5, 0.6) is 5.88 Å². The third-order valence-electron chi connectivity index (χ3n) is 5.83. The fourth-order valence-electron chi connectivity index (χ4n) is 4.33. The minimum atomic E-state index is -0.350. The summed E-state index contributed by atoms with van der Waals surface area (Å²) >= 11 is 7.96. The smallest absolute Gasteiger partial charge is 0.310 e. The van der Waals surface area contributed by atoms with E-state index in [9.17, 15) is 9.90 Å². The molecular formula is C23H23ClN4O4S. The summed E-state index contributed by atoms with van der Waals surface area (Å²) in [5, 5.41) is 16.2. The predicted octanol–water partition coefficient (Wildman–Crippen LogP) is 4.77. The van der Waals surface area contributed by atoms with Crippen LogP contribution in [0.15, 0.2) is 47.1 Å². The van der Waals surface area contributed by atoms with Crippen LogP contribution in [0.3, 0.4) is 0 Å². The van der Waals surface area contributed by atoms with E-state index in [0.29, 0.717) is 39.6 Å². The van der Waals surface area contributed by atoms with Crippen LogP contribution in [0.25, 0.3) is 16.5 Å². The number of likely N-dealkylation sites (tertiary alicyclic amines) is 1. The number of halogens is 1. The van der Waals surface area contributed by atoms with Gasteiger partial charge >= 0.3 is 5.97 Å². The van der Waals surface area contributed by atoms with Crippen molar-refractivity contribution in [3.63, 3.8) is 0 Å². The molecule has 10 heteroatoms. The summed E-state index contributed by atoms with van der Waals surface area (Å²) in [5.41, 5.74) is 0.856. The van der Waals surface area contributed by atoms with E-state index in [-0.39, 0.29) is 23.8 Å². The molecule has 3 aromatic heterocycles. The van der Waals surface area contributed by atoms with Crippen molar-refractivity contribution in [1.82, 2.24) is 19.5 Å². The number of piperidine rings is 1. The van der Waals surface area contributed by atoms with E-state index in [0.717, 1.165) is 24.9 Å². The number of nitrogens with zero attached hydrogens (tertiary/aromatic N) is 4. The lowest BCUT2D eigenvalue weighted by Gasteiger charge is -2.37. The molecule has 1 N–H and O–H groups in total. The van der Waals surface area contributed by atoms with Crippen molar-refractivity contribution in [3.8, 4) is 17.5 Å². The van der Waals surface area contributed by atoms with Crippen molar-refractivity contribution in [2.24, 2.45) is 5.92 Å². The standard InChI is InChI=1S/C23H23ClN4O4S/c1-2-31-22(30)14-7-5-11-27(13-14)18(15-8-3-4-9-16(15)24)19-21(29)28-23(33-19)25-20(26-28)17-10-6-12-32-17/h3-4,6,8-10,12,14,18,29H,2,5,7,11,13H2,1H3/t14-,18-/m0/s1. The number of rotatable bonds is 6. The predicted molar refractivity (Wildman–Crippen MR) is 124 cm³/mol. The molecule has 8 nitrogen and oxygen atoms in total. The van der Waals surface area contributed by atoms with E-state index in [1.54, 1.807) is 18.4 Å². The molecule has 1 fully saturated rings. The zero-order valence-corrected chi connectivity index (χ0v) is 19.6. The fourth-order valence-corrected chi connectivity index (χ4v) is 5.68. The first-order chi connectivity index (χ1) is 16.1. The second-order valence-corrected chi connectivity index (χ2v) is 9.32. The SMILES string of the molecule is CCOC(=O)[C@H]1CCCN([C@@H](c2ccccc2Cl)c2sc3nc(-c4ccco4)nn3c2O)C1. The van der Waals surface area contributed by atoms with Gasteiger partial charge < -0.3 is 14.3 Å². The van der Waals surface area contributed by atoms with Gasteiger partial charge in [0.2, 0.25) is 16.7 Å². The highest BCUT2D eigenvalue weighted by Crippen LogP contribution is 2.43. The van der Waals surface area contributed by atoms with E-state index in [1.807, 2.05) is 31.2 Å². The molecule has 0 amide bonds. The molecule has 33 heavy (non-hydrogen) atoms. The molecule has 0 unspecified atom stereocenters. The summed E-state index contributed by atoms with van der Waals surface area (Å²) in [4.78, 5) is 20.4. The summed E-state index contributed by atoms with van der Waals surface area (Å²) in [5.74, 6) is 0.530. The van der Waals surface area contributed by atoms with E-state index < -0.39 is 0 Å². The van der Waals surface area contributed by atoms with Crippen LogP contribution in [0.2, 0.25) is 5.02 Å². The first-order valence-electron chi connectivity index (χ1n) is 10.8. The molecule has 5 rings (SSSR count). The fraction of sp³-hybridized carbons (Fsp3) is 0.348. The summed E-state index contributed by atoms with van der Waals surface area (Å²) < 4.78 is 12.1. The molecular weight excluding hydrogens is 464 g/mol. The van der Waals surface area contributed by atoms with E-state index >= 15 is 0 Å². The number of furan rings is 1. The molecule has 1 aliphatic heterocycles. The lowest BCUT2D eigenvalue weighted by Crippen LogP contribution is -2.41. The van der Waals surface area contributed by atoms with Crippen molar-refractivity contribution < 1.29 is 19.1 Å². The van der Waals surface area contributed by atoms with Crippen molar-refractivity contribution in [2.75, 3.05) is 19.7 Å². The Morgan fingerprint density at radius 3 is 2.94 bits per heavy atom. The average molecular weight is 487 g/mol. The minimum absolute atomic E-state index is 0.00323. The van der Waals surface area contributed by atoms with Crippen LogP contribution in [0, 0.1) is 5.92 Å². The maximum atomic E-state index is 12.5. The van der Waals surface area contributed by atoms with E-state index in [1.165, 1.54) is 15.9 Å². The second kappa shape index (κ2) is 9.17. The number of esters is 1. The highest BCUT2D eigenvalue weighted by atomic mass is 35.5. The maximum absolute atomic E-state index is 12.5. The molecule has 0 saturated carbocycles. The van der Waals surface area contributed by atoms with Crippen LogP contribution in [-0.4, -0.2) is 50.3 Å². The van der Waals surface area contributed by atoms with Gasteiger partial charge in [-0.1, -0.05) is 41.1 Å². The molecule has 0 bridgehead atoms. The van der Waals surface area contributed by atoms with Gasteiger partial charge in [0.05, 0.1) is 29.7 Å². The first-order valence-corrected chi connectivity index (χ1v) is 12.0. The Morgan fingerprint density at radius 2 is 2.21 bits per heavy atom. The van der Waals surface area contributed by atoms with Crippen LogP contribution < -0.4 is 0 Å². The van der Waals surface area contributed by atoms with Crippen molar-refractivity contribution in [3.05, 3.63) is 58.1 Å². The molecule has 1 aliphatic rings. The Hall–Kier alpha value is -2.88. The summed E-state index contributed by atoms with van der Waals surface area (Å²) in [6.45, 7) is 3.44. The van der Waals surface area contributed by atoms with Gasteiger partial charge in [-0.25, -0.2) is 0 Å². The largest absolute Gasteiger partial charge is 0.492 e. The quantitative estimate of drug-likeness (QED) is 0.392. The molecule has 2 atom stereocenters. The number of hydrogen-bond donors (Lipinski definition) is 1. The molecule has 0 radical (unpaired) electrons. The van der Waals surface area contributed by atoms with Crippen LogP contribution in [0.4, 0.5) is 0 Å². The molecule has 0 spiro atoms. The zero-order chi connectivity index (χ0) is 22.9. The van der Waals surface area contributed by atoms with Crippen LogP contribution in [-0.2, 0) is 9.53 Å². The Kier molecular flexibility index (Phi) is 6.09. The Labute approximate surface area is 199 Å². The Bertz CT molecular complexity index is 1270. The molecule has 4 aromatic rings. The summed E-state index contributed by atoms with van der Waals surface area (Å²) in [7, 11) is 0. The number of benzene rings is 1. The lowest BCUT2D eigenvalue weighted by molar-refractivity contribution is -0.150. The number of carbonyl (C=O) groups is 1. The zero-order valence-electron chi connectivity index (χ0n) is 18.0. The average Bonchev–Trinajstić information content (AvgIpc) is 3.55. The van der Waals surface area contributed by atoms with Crippen LogP contribution >= 0.6 is 22.9 Å². The number of aromatic nitrogens is 3. The Balaban J connectivity index is 1.56. The molecule has 4 heterocycles. The van der Waals surface area contributed by atoms with Gasteiger partial charge in [0.25, 0.3) is 0 Å². The Morgan fingerprint density at radius 1 is 1.36 bits per heavy atom. The second-order valence-electron chi connectivity index (χ2n) is 7.91. The molecule has 1 saturated heterocycles. The van der Waals surface area contributed by atoms with Gasteiger partial charge in [-0.15, -0.1) is 5.10 Å². The van der Waals surface area contributed by atoms with E-state index in [4.69, 9.17) is 20.8 Å². The monoisotopic (exact) mass is 486 g/mol. The summed E-state index contributed by atoms with van der Waals surface area (Å²) in [6, 6.07) is 10.8. The lowest BCUT2D eigenvalue weighted by atomic mass is 9.94. The third-order valence-corrected chi connectivity index (χ3v) is 7.24. The summed E-state index contributed by atoms with van der Waals surface area (Å²) in [6.07, 6.45) is 3.17. The number of thiazole rings is 1. The van der Waals surface area contributed by atoms with Gasteiger partial charge in [-0.3, -0.25) is 9.69 Å². The number of carbonyl (C=O) groups excluding carboxylic acids is 1. The van der Waals surface area contributed by atoms with Crippen molar-refractivity contribution in [2.45, 2.75) is 25.8 Å². The van der Waals surface area contributed by atoms with Gasteiger partial charge in [0.15, 0.2) is 5.76 Å². The number of hydrogen-bond acceptors (Lipinski definition) is 8. The highest BCUT2D eigenvalue weighted by Gasteiger charge is 2.36. The van der Waals surface area contributed by atoms with Gasteiger partial charge in [0.1, 0.15) is 0 Å².